The summed E-state index contributed by atoms with van der Waals surface area (Å²) in [5, 5.41) is 24.4. The second-order valence-corrected chi connectivity index (χ2v) is 15.0. The van der Waals surface area contributed by atoms with Crippen LogP contribution in [0.1, 0.15) is 19.3 Å². The highest BCUT2D eigenvalue weighted by Crippen LogP contribution is 2.42. The molecule has 4 rings (SSSR count). The molecule has 158 valence electrons. The van der Waals surface area contributed by atoms with Gasteiger partial charge in [-0.3, -0.25) is 4.68 Å². The van der Waals surface area contributed by atoms with Crippen molar-refractivity contribution >= 4 is 19.1 Å². The molecule has 0 bridgehead atoms. The first-order valence-corrected chi connectivity index (χ1v) is 14.0. The van der Waals surface area contributed by atoms with Gasteiger partial charge < -0.3 is 14.4 Å². The van der Waals surface area contributed by atoms with E-state index in [1.165, 1.54) is 0 Å². The lowest BCUT2D eigenvalue weighted by Crippen LogP contribution is -2.49. The number of aliphatic hydroxyl groups excluding tert-OH is 1. The molecule has 0 atom stereocenters. The van der Waals surface area contributed by atoms with Crippen LogP contribution in [0, 0.1) is 11.3 Å². The molecule has 1 aliphatic carbocycles. The Hall–Kier alpha value is -2.54. The van der Waals surface area contributed by atoms with E-state index in [0.717, 1.165) is 34.9 Å². The summed E-state index contributed by atoms with van der Waals surface area (Å²) < 4.78 is 9.70. The minimum Gasteiger partial charge on any atom is -0.393 e. The van der Waals surface area contributed by atoms with Crippen molar-refractivity contribution in [2.45, 2.75) is 63.3 Å². The third-order valence-electron chi connectivity index (χ3n) is 5.76. The summed E-state index contributed by atoms with van der Waals surface area (Å²) >= 11 is 0. The Morgan fingerprint density at radius 1 is 1.33 bits per heavy atom. The average molecular weight is 425 g/mol. The lowest BCUT2D eigenvalue weighted by atomic mass is 9.72. The minimum absolute atomic E-state index is 0.329. The van der Waals surface area contributed by atoms with Crippen molar-refractivity contribution in [3.63, 3.8) is 0 Å². The largest absolute Gasteiger partial charge is 0.393 e. The lowest BCUT2D eigenvalue weighted by Gasteiger charge is -2.44. The standard InChI is InChI=1S/C21H28N6O2Si/c1-30(2,3)9-8-29-15-26-7-4-18-19(23-14-24-20(18)26)16-12-25-27(13-16)21(5-6-22)10-17(28)11-21/h4,7,12-14,17,28H,5,8-11,15H2,1-3H3. The van der Waals surface area contributed by atoms with E-state index in [2.05, 4.69) is 40.8 Å². The maximum Gasteiger partial charge on any atom is 0.145 e. The van der Waals surface area contributed by atoms with E-state index >= 15 is 0 Å². The Balaban J connectivity index is 1.55. The molecular weight excluding hydrogens is 396 g/mol. The average Bonchev–Trinajstić information content (AvgIpc) is 3.31. The Morgan fingerprint density at radius 3 is 2.83 bits per heavy atom. The molecule has 0 spiro atoms. The maximum atomic E-state index is 9.79. The lowest BCUT2D eigenvalue weighted by molar-refractivity contribution is -0.0268. The van der Waals surface area contributed by atoms with Crippen LogP contribution in [0.2, 0.25) is 25.7 Å². The zero-order chi connectivity index (χ0) is 21.4. The maximum absolute atomic E-state index is 9.79. The number of aromatic nitrogens is 5. The highest BCUT2D eigenvalue weighted by atomic mass is 28.3. The van der Waals surface area contributed by atoms with Crippen molar-refractivity contribution in [2.24, 2.45) is 0 Å². The number of rotatable bonds is 8. The van der Waals surface area contributed by atoms with Gasteiger partial charge >= 0.3 is 0 Å². The topological polar surface area (TPSA) is 102 Å². The Bertz CT molecular complexity index is 1070. The number of fused-ring (bicyclic) bond motifs is 1. The van der Waals surface area contributed by atoms with E-state index in [1.54, 1.807) is 12.5 Å². The second kappa shape index (κ2) is 7.94. The first-order valence-electron chi connectivity index (χ1n) is 10.3. The quantitative estimate of drug-likeness (QED) is 0.439. The van der Waals surface area contributed by atoms with Crippen LogP contribution in [0.25, 0.3) is 22.3 Å². The molecule has 1 N–H and O–H groups in total. The molecule has 8 nitrogen and oxygen atoms in total. The molecular formula is C21H28N6O2Si. The number of aliphatic hydroxyl groups is 1. The molecule has 0 unspecified atom stereocenters. The number of hydrogen-bond donors (Lipinski definition) is 1. The minimum atomic E-state index is -1.11. The molecule has 1 saturated carbocycles. The van der Waals surface area contributed by atoms with E-state index in [4.69, 9.17) is 4.74 Å². The molecule has 0 aromatic carbocycles. The van der Waals surface area contributed by atoms with Crippen molar-refractivity contribution in [1.29, 1.82) is 5.26 Å². The highest BCUT2D eigenvalue weighted by Gasteiger charge is 2.46. The van der Waals surface area contributed by atoms with Crippen LogP contribution in [0.5, 0.6) is 0 Å². The first-order chi connectivity index (χ1) is 14.3. The summed E-state index contributed by atoms with van der Waals surface area (Å²) in [6, 6.07) is 5.36. The van der Waals surface area contributed by atoms with Crippen molar-refractivity contribution in [2.75, 3.05) is 6.61 Å². The molecule has 0 radical (unpaired) electrons. The summed E-state index contributed by atoms with van der Waals surface area (Å²) in [5.74, 6) is 0. The van der Waals surface area contributed by atoms with E-state index in [1.807, 2.05) is 27.7 Å². The van der Waals surface area contributed by atoms with Crippen LogP contribution < -0.4 is 0 Å². The van der Waals surface area contributed by atoms with Gasteiger partial charge in [-0.1, -0.05) is 19.6 Å². The molecule has 3 aromatic heterocycles. The Labute approximate surface area is 177 Å². The number of hydrogen-bond acceptors (Lipinski definition) is 6. The molecule has 0 amide bonds. The third-order valence-corrected chi connectivity index (χ3v) is 7.47. The number of ether oxygens (including phenoxy) is 1. The SMILES string of the molecule is C[Si](C)(C)CCOCn1ccc2c(-c3cnn(C4(CC#N)CC(O)C4)c3)ncnc21. The van der Waals surface area contributed by atoms with Crippen molar-refractivity contribution < 1.29 is 9.84 Å². The molecule has 3 heterocycles. The Kier molecular flexibility index (Phi) is 5.49. The summed E-state index contributed by atoms with van der Waals surface area (Å²) in [7, 11) is -1.11. The van der Waals surface area contributed by atoms with Gasteiger partial charge in [-0.05, 0) is 25.0 Å². The zero-order valence-corrected chi connectivity index (χ0v) is 18.7. The van der Waals surface area contributed by atoms with Gasteiger partial charge in [0.15, 0.2) is 0 Å². The Morgan fingerprint density at radius 2 is 2.13 bits per heavy atom. The smallest absolute Gasteiger partial charge is 0.145 e. The molecule has 30 heavy (non-hydrogen) atoms. The summed E-state index contributed by atoms with van der Waals surface area (Å²) in [4.78, 5) is 8.95. The van der Waals surface area contributed by atoms with Crippen molar-refractivity contribution in [1.82, 2.24) is 24.3 Å². The molecule has 1 fully saturated rings. The van der Waals surface area contributed by atoms with E-state index < -0.39 is 13.6 Å². The van der Waals surface area contributed by atoms with Crippen LogP contribution in [-0.2, 0) is 17.0 Å². The number of nitrogens with zero attached hydrogens (tertiary/aromatic N) is 6. The van der Waals surface area contributed by atoms with Gasteiger partial charge in [0.1, 0.15) is 18.7 Å². The first kappa shape index (κ1) is 20.7. The predicted octanol–water partition coefficient (Wildman–Crippen LogP) is 3.37. The van der Waals surface area contributed by atoms with Gasteiger partial charge in [0.25, 0.3) is 0 Å². The normalized spacial score (nSPS) is 21.5. The fourth-order valence-electron chi connectivity index (χ4n) is 3.96. The van der Waals surface area contributed by atoms with Gasteiger partial charge in [-0.25, -0.2) is 9.97 Å². The molecule has 9 heteroatoms. The third kappa shape index (κ3) is 4.03. The van der Waals surface area contributed by atoms with Crippen LogP contribution in [-0.4, -0.2) is 50.2 Å². The zero-order valence-electron chi connectivity index (χ0n) is 17.7. The van der Waals surface area contributed by atoms with Gasteiger partial charge in [-0.15, -0.1) is 0 Å². The van der Waals surface area contributed by atoms with Crippen molar-refractivity contribution in [3.8, 4) is 17.3 Å². The van der Waals surface area contributed by atoms with E-state index in [9.17, 15) is 10.4 Å². The van der Waals surface area contributed by atoms with Crippen LogP contribution >= 0.6 is 0 Å². The molecule has 3 aromatic rings. The van der Waals surface area contributed by atoms with Gasteiger partial charge in [0.05, 0.1) is 36.0 Å². The predicted molar refractivity (Wildman–Crippen MR) is 116 cm³/mol. The number of nitriles is 1. The van der Waals surface area contributed by atoms with Crippen LogP contribution in [0.15, 0.2) is 31.0 Å². The fraction of sp³-hybridized carbons (Fsp3) is 0.524. The summed E-state index contributed by atoms with van der Waals surface area (Å²) in [6.45, 7) is 8.24. The van der Waals surface area contributed by atoms with E-state index in [0.29, 0.717) is 26.0 Å². The van der Waals surface area contributed by atoms with Crippen molar-refractivity contribution in [3.05, 3.63) is 31.0 Å². The summed E-state index contributed by atoms with van der Waals surface area (Å²) in [5.41, 5.74) is 2.08. The molecule has 0 aliphatic heterocycles. The molecule has 1 aliphatic rings. The van der Waals surface area contributed by atoms with Gasteiger partial charge in [-0.2, -0.15) is 10.4 Å². The summed E-state index contributed by atoms with van der Waals surface area (Å²) in [6.07, 6.45) is 8.28. The monoisotopic (exact) mass is 424 g/mol. The van der Waals surface area contributed by atoms with Gasteiger partial charge in [0, 0.05) is 38.0 Å². The highest BCUT2D eigenvalue weighted by molar-refractivity contribution is 6.76. The van der Waals surface area contributed by atoms with E-state index in [-0.39, 0.29) is 6.10 Å². The second-order valence-electron chi connectivity index (χ2n) is 9.39. The van der Waals surface area contributed by atoms with Crippen LogP contribution in [0.4, 0.5) is 0 Å². The fourth-order valence-corrected chi connectivity index (χ4v) is 4.72. The van der Waals surface area contributed by atoms with Gasteiger partial charge in [0.2, 0.25) is 0 Å². The van der Waals surface area contributed by atoms with Crippen LogP contribution in [0.3, 0.4) is 0 Å². The molecule has 0 saturated heterocycles.